The summed E-state index contributed by atoms with van der Waals surface area (Å²) in [5, 5.41) is 23.3. The van der Waals surface area contributed by atoms with Gasteiger partial charge in [0.05, 0.1) is 18.8 Å². The second kappa shape index (κ2) is 70.8. The molecule has 0 rings (SSSR count). The molecule has 2 unspecified atom stereocenters. The highest BCUT2D eigenvalue weighted by molar-refractivity contribution is 5.76. The third-order valence-corrected chi connectivity index (χ3v) is 15.4. The number of aliphatic hydroxyl groups is 2. The Labute approximate surface area is 504 Å². The minimum absolute atomic E-state index is 0.0764. The highest BCUT2D eigenvalue weighted by Gasteiger charge is 2.18. The predicted octanol–water partition coefficient (Wildman–Crippen LogP) is 24.1. The Bertz CT molecular complexity index is 1600. The number of carbonyl (C=O) groups is 1. The van der Waals surface area contributed by atoms with Crippen LogP contribution in [-0.2, 0) is 4.79 Å². The standard InChI is InChI=1S/C77H133NO3/c1-3-5-7-9-11-13-15-17-19-21-23-25-27-29-31-33-34-35-36-37-38-39-40-41-42-43-44-45-47-49-51-53-55-57-59-61-63-65-67-69-71-73-77(81)78-75(74-79)76(80)72-70-68-66-64-62-60-58-56-54-52-50-48-46-32-30-28-26-24-22-20-18-16-14-12-10-8-6-4-2/h5,7,11,13,17,19,23,25,29,31,34-35,37-38,40-41,43-44,62,64,70,72,75-76,79-80H,3-4,6,8-10,12,14-16,18,20-22,24,26-28,30,32-33,36,39,42,45-61,63,65-69,71,73-74H2,1-2H3,(H,78,81)/b7-5-,13-11-,19-17-,25-23-,31-29-,35-34-,38-37-,41-40-,44-43-,64-62+,72-70+. The van der Waals surface area contributed by atoms with Crippen molar-refractivity contribution in [3.05, 3.63) is 134 Å². The monoisotopic (exact) mass is 1120 g/mol. The fraction of sp³-hybridized carbons (Fsp3) is 0.701. The van der Waals surface area contributed by atoms with Crippen molar-refractivity contribution >= 4 is 5.91 Å². The molecule has 0 aliphatic carbocycles. The van der Waals surface area contributed by atoms with Gasteiger partial charge in [0.1, 0.15) is 0 Å². The van der Waals surface area contributed by atoms with Crippen LogP contribution in [0.25, 0.3) is 0 Å². The first kappa shape index (κ1) is 77.5. The van der Waals surface area contributed by atoms with Gasteiger partial charge in [0.15, 0.2) is 0 Å². The van der Waals surface area contributed by atoms with Gasteiger partial charge in [-0.2, -0.15) is 0 Å². The number of rotatable bonds is 63. The van der Waals surface area contributed by atoms with Gasteiger partial charge in [-0.3, -0.25) is 4.79 Å². The molecular weight excluding hydrogens is 987 g/mol. The van der Waals surface area contributed by atoms with E-state index in [1.807, 2.05) is 6.08 Å². The second-order valence-corrected chi connectivity index (χ2v) is 23.2. The molecule has 0 radical (unpaired) electrons. The van der Waals surface area contributed by atoms with E-state index in [2.05, 4.69) is 141 Å². The van der Waals surface area contributed by atoms with Gasteiger partial charge in [-0.15, -0.1) is 0 Å². The molecule has 3 N–H and O–H groups in total. The summed E-state index contributed by atoms with van der Waals surface area (Å²) in [6, 6.07) is -0.649. The average Bonchev–Trinajstić information content (AvgIpc) is 3.47. The SMILES string of the molecule is CC/C=C\C/C=C\C/C=C\C/C=C\C/C=C\C/C=C\C/C=C\C/C=C\C/C=C\CCCCCCCCCCCCCCCC(=O)NC(CO)C(O)/C=C/CC/C=C/CCCCCCCCCCCCCCCCCCCCCCCC. The number of allylic oxidation sites excluding steroid dienone is 21. The average molecular weight is 1120 g/mol. The Balaban J connectivity index is 3.56. The van der Waals surface area contributed by atoms with Crippen LogP contribution < -0.4 is 5.32 Å². The zero-order valence-corrected chi connectivity index (χ0v) is 53.5. The minimum Gasteiger partial charge on any atom is -0.394 e. The number of hydrogen-bond donors (Lipinski definition) is 3. The van der Waals surface area contributed by atoms with Gasteiger partial charge >= 0.3 is 0 Å². The third kappa shape index (κ3) is 67.2. The lowest BCUT2D eigenvalue weighted by Crippen LogP contribution is -2.45. The van der Waals surface area contributed by atoms with Crippen LogP contribution in [0.5, 0.6) is 0 Å². The van der Waals surface area contributed by atoms with Gasteiger partial charge in [-0.1, -0.05) is 353 Å². The highest BCUT2D eigenvalue weighted by atomic mass is 16.3. The zero-order chi connectivity index (χ0) is 58.4. The van der Waals surface area contributed by atoms with E-state index >= 15 is 0 Å². The van der Waals surface area contributed by atoms with E-state index in [0.29, 0.717) is 6.42 Å². The molecule has 4 heteroatoms. The summed E-state index contributed by atoms with van der Waals surface area (Å²) in [5.74, 6) is -0.0764. The lowest BCUT2D eigenvalue weighted by molar-refractivity contribution is -0.123. The van der Waals surface area contributed by atoms with E-state index in [1.54, 1.807) is 6.08 Å². The molecule has 0 saturated heterocycles. The molecule has 1 amide bonds. The molecule has 0 bridgehead atoms. The summed E-state index contributed by atoms with van der Waals surface area (Å²) in [6.45, 7) is 4.20. The molecule has 0 aromatic rings. The van der Waals surface area contributed by atoms with Crippen molar-refractivity contribution in [1.29, 1.82) is 0 Å². The lowest BCUT2D eigenvalue weighted by atomic mass is 10.0. The van der Waals surface area contributed by atoms with Gasteiger partial charge in [-0.25, -0.2) is 0 Å². The topological polar surface area (TPSA) is 69.6 Å². The first-order valence-electron chi connectivity index (χ1n) is 34.9. The molecule has 0 aromatic heterocycles. The molecule has 0 aromatic carbocycles. The molecular formula is C77H133NO3. The third-order valence-electron chi connectivity index (χ3n) is 15.4. The van der Waals surface area contributed by atoms with E-state index in [0.717, 1.165) is 89.9 Å². The van der Waals surface area contributed by atoms with E-state index in [4.69, 9.17) is 0 Å². The molecule has 0 heterocycles. The Morgan fingerprint density at radius 1 is 0.309 bits per heavy atom. The summed E-state index contributed by atoms with van der Waals surface area (Å²) in [4.78, 5) is 12.5. The van der Waals surface area contributed by atoms with Crippen molar-refractivity contribution < 1.29 is 15.0 Å². The van der Waals surface area contributed by atoms with E-state index < -0.39 is 12.1 Å². The predicted molar refractivity (Wildman–Crippen MR) is 363 cm³/mol. The molecule has 4 nitrogen and oxygen atoms in total. The van der Waals surface area contributed by atoms with Crippen molar-refractivity contribution in [3.8, 4) is 0 Å². The zero-order valence-electron chi connectivity index (χ0n) is 53.5. The molecule has 81 heavy (non-hydrogen) atoms. The van der Waals surface area contributed by atoms with Crippen LogP contribution in [0.3, 0.4) is 0 Å². The fourth-order valence-electron chi connectivity index (χ4n) is 10.1. The van der Waals surface area contributed by atoms with Crippen LogP contribution in [0, 0.1) is 0 Å². The van der Waals surface area contributed by atoms with Crippen LogP contribution in [0.4, 0.5) is 0 Å². The van der Waals surface area contributed by atoms with Crippen molar-refractivity contribution in [2.24, 2.45) is 0 Å². The van der Waals surface area contributed by atoms with Crippen molar-refractivity contribution in [2.45, 2.75) is 341 Å². The fourth-order valence-corrected chi connectivity index (χ4v) is 10.1. The Morgan fingerprint density at radius 3 is 0.864 bits per heavy atom. The maximum atomic E-state index is 12.5. The summed E-state index contributed by atoms with van der Waals surface area (Å²) in [7, 11) is 0. The Morgan fingerprint density at radius 2 is 0.556 bits per heavy atom. The summed E-state index contributed by atoms with van der Waals surface area (Å²) in [5.41, 5.74) is 0. The highest BCUT2D eigenvalue weighted by Crippen LogP contribution is 2.17. The number of unbranched alkanes of at least 4 members (excludes halogenated alkanes) is 36. The molecule has 464 valence electrons. The van der Waals surface area contributed by atoms with Gasteiger partial charge in [0.2, 0.25) is 5.91 Å². The van der Waals surface area contributed by atoms with Crippen molar-refractivity contribution in [1.82, 2.24) is 5.32 Å². The van der Waals surface area contributed by atoms with Gasteiger partial charge in [0, 0.05) is 6.42 Å². The maximum Gasteiger partial charge on any atom is 0.220 e. The molecule has 0 spiro atoms. The second-order valence-electron chi connectivity index (χ2n) is 23.2. The van der Waals surface area contributed by atoms with Crippen LogP contribution in [0.15, 0.2) is 134 Å². The van der Waals surface area contributed by atoms with E-state index in [-0.39, 0.29) is 12.5 Å². The number of hydrogen-bond acceptors (Lipinski definition) is 3. The number of nitrogens with one attached hydrogen (secondary N) is 1. The molecule has 0 aliphatic rings. The van der Waals surface area contributed by atoms with Crippen LogP contribution in [-0.4, -0.2) is 34.9 Å². The largest absolute Gasteiger partial charge is 0.394 e. The van der Waals surface area contributed by atoms with Gasteiger partial charge < -0.3 is 15.5 Å². The molecule has 0 saturated carbocycles. The lowest BCUT2D eigenvalue weighted by Gasteiger charge is -2.19. The first-order chi connectivity index (χ1) is 40.2. The number of amides is 1. The Kier molecular flexibility index (Phi) is 67.8. The summed E-state index contributed by atoms with van der Waals surface area (Å²) in [6.07, 6.45) is 110. The van der Waals surface area contributed by atoms with Crippen molar-refractivity contribution in [2.75, 3.05) is 6.61 Å². The number of aliphatic hydroxyl groups excluding tert-OH is 2. The molecule has 0 fully saturated rings. The molecule has 0 aliphatic heterocycles. The Hall–Kier alpha value is -3.47. The number of carbonyl (C=O) groups excluding carboxylic acids is 1. The summed E-state index contributed by atoms with van der Waals surface area (Å²) < 4.78 is 0. The first-order valence-corrected chi connectivity index (χ1v) is 34.9. The van der Waals surface area contributed by atoms with Gasteiger partial charge in [-0.05, 0) is 103 Å². The van der Waals surface area contributed by atoms with Crippen LogP contribution in [0.1, 0.15) is 328 Å². The van der Waals surface area contributed by atoms with Crippen LogP contribution in [0.2, 0.25) is 0 Å². The van der Waals surface area contributed by atoms with E-state index in [9.17, 15) is 15.0 Å². The summed E-state index contributed by atoms with van der Waals surface area (Å²) >= 11 is 0. The molecule has 2 atom stereocenters. The maximum absolute atomic E-state index is 12.5. The van der Waals surface area contributed by atoms with Gasteiger partial charge in [0.25, 0.3) is 0 Å². The quantitative estimate of drug-likeness (QED) is 0.0420. The van der Waals surface area contributed by atoms with E-state index in [1.165, 1.54) is 218 Å². The van der Waals surface area contributed by atoms with Crippen LogP contribution >= 0.6 is 0 Å². The normalized spacial score (nSPS) is 13.6. The minimum atomic E-state index is -0.872. The smallest absolute Gasteiger partial charge is 0.220 e. The van der Waals surface area contributed by atoms with Crippen molar-refractivity contribution in [3.63, 3.8) is 0 Å².